The van der Waals surface area contributed by atoms with Crippen molar-refractivity contribution >= 4 is 88.5 Å². The summed E-state index contributed by atoms with van der Waals surface area (Å²) in [6.07, 6.45) is 3.26. The molecule has 4 nitrogen and oxygen atoms in total. The number of hydrogen-bond donors (Lipinski definition) is 0. The predicted octanol–water partition coefficient (Wildman–Crippen LogP) is 30.4. The van der Waals surface area contributed by atoms with Crippen LogP contribution in [0.3, 0.4) is 0 Å². The maximum Gasteiger partial charge on any atom is 0.0561 e. The molecule has 114 heavy (non-hydrogen) atoms. The second kappa shape index (κ2) is 27.4. The third-order valence-corrected chi connectivity index (χ3v) is 25.7. The maximum atomic E-state index is 2.60. The van der Waals surface area contributed by atoms with E-state index < -0.39 is 0 Å². The maximum absolute atomic E-state index is 2.60. The first kappa shape index (κ1) is 70.1. The van der Waals surface area contributed by atoms with Crippen molar-refractivity contribution in [3.63, 3.8) is 0 Å². The summed E-state index contributed by atoms with van der Waals surface area (Å²) in [5, 5.41) is 7.44. The Morgan fingerprint density at radius 1 is 0.237 bits per heavy atom. The lowest BCUT2D eigenvalue weighted by atomic mass is 9.56. The first-order valence-corrected chi connectivity index (χ1v) is 40.7. The molecule has 0 aliphatic heterocycles. The normalized spacial score (nSPS) is 15.3. The van der Waals surface area contributed by atoms with Crippen LogP contribution in [0.2, 0.25) is 0 Å². The first-order valence-electron chi connectivity index (χ1n) is 40.7. The van der Waals surface area contributed by atoms with Gasteiger partial charge in [0.2, 0.25) is 0 Å². The highest BCUT2D eigenvalue weighted by molar-refractivity contribution is 6.12. The zero-order chi connectivity index (χ0) is 77.2. The van der Waals surface area contributed by atoms with E-state index in [4.69, 9.17) is 0 Å². The van der Waals surface area contributed by atoms with Crippen LogP contribution in [-0.2, 0) is 21.7 Å². The smallest absolute Gasteiger partial charge is 0.0561 e. The zero-order valence-electron chi connectivity index (χ0n) is 66.2. The molecule has 20 rings (SSSR count). The Balaban J connectivity index is 0.719. The Morgan fingerprint density at radius 2 is 0.649 bits per heavy atom. The summed E-state index contributed by atoms with van der Waals surface area (Å²) >= 11 is 0. The third-order valence-electron chi connectivity index (χ3n) is 25.7. The lowest BCUT2D eigenvalue weighted by molar-refractivity contribution is 0.283. The van der Waals surface area contributed by atoms with Crippen LogP contribution in [-0.4, -0.2) is 9.13 Å². The van der Waals surface area contributed by atoms with Gasteiger partial charge < -0.3 is 18.9 Å². The van der Waals surface area contributed by atoms with Gasteiger partial charge in [0.15, 0.2) is 0 Å². The van der Waals surface area contributed by atoms with Crippen molar-refractivity contribution < 1.29 is 0 Å². The average Bonchev–Trinajstić information content (AvgIpc) is 1.22. The number of para-hydroxylation sites is 1. The summed E-state index contributed by atoms with van der Waals surface area (Å²) in [5.74, 6) is 0.201. The molecule has 4 heteroatoms. The van der Waals surface area contributed by atoms with Gasteiger partial charge in [-0.3, -0.25) is 0 Å². The highest BCUT2D eigenvalue weighted by atomic mass is 15.2. The number of hydrogen-bond acceptors (Lipinski definition) is 2. The topological polar surface area (TPSA) is 16.3 Å². The average molecular weight is 1470 g/mol. The first-order chi connectivity index (χ1) is 55.5. The van der Waals surface area contributed by atoms with Crippen molar-refractivity contribution in [2.24, 2.45) is 0 Å². The van der Waals surface area contributed by atoms with Gasteiger partial charge in [-0.15, -0.1) is 0 Å². The molecule has 2 aliphatic rings. The molecule has 1 unspecified atom stereocenters. The van der Waals surface area contributed by atoms with Gasteiger partial charge in [-0.1, -0.05) is 298 Å². The summed E-state index contributed by atoms with van der Waals surface area (Å²) in [6.45, 7) is 19.8. The van der Waals surface area contributed by atoms with Crippen molar-refractivity contribution in [2.75, 3.05) is 9.80 Å². The van der Waals surface area contributed by atoms with Gasteiger partial charge >= 0.3 is 0 Å². The molecule has 18 aromatic rings. The predicted molar refractivity (Wildman–Crippen MR) is 484 cm³/mol. The number of anilines is 6. The monoisotopic (exact) mass is 1470 g/mol. The summed E-state index contributed by atoms with van der Waals surface area (Å²) in [4.78, 5) is 4.94. The van der Waals surface area contributed by atoms with Gasteiger partial charge in [0.05, 0.1) is 22.1 Å². The van der Waals surface area contributed by atoms with Crippen LogP contribution in [0, 0.1) is 0 Å². The van der Waals surface area contributed by atoms with Gasteiger partial charge in [-0.05, 0) is 268 Å². The van der Waals surface area contributed by atoms with Crippen molar-refractivity contribution in [3.8, 4) is 67.0 Å². The van der Waals surface area contributed by atoms with Gasteiger partial charge in [0.1, 0.15) is 0 Å². The molecule has 16 aromatic carbocycles. The molecular weight excluding hydrogens is 1380 g/mol. The summed E-state index contributed by atoms with van der Waals surface area (Å²) in [7, 11) is 0. The van der Waals surface area contributed by atoms with Crippen molar-refractivity contribution in [1.82, 2.24) is 9.13 Å². The van der Waals surface area contributed by atoms with E-state index in [0.717, 1.165) is 70.1 Å². The van der Waals surface area contributed by atoms with Crippen LogP contribution in [0.15, 0.2) is 370 Å². The number of rotatable bonds is 14. The summed E-state index contributed by atoms with van der Waals surface area (Å²) in [5.41, 5.74) is 32.1. The molecule has 0 amide bonds. The zero-order valence-corrected chi connectivity index (χ0v) is 66.2. The third kappa shape index (κ3) is 12.2. The van der Waals surface area contributed by atoms with Crippen LogP contribution in [0.1, 0.15) is 108 Å². The van der Waals surface area contributed by atoms with Crippen LogP contribution in [0.25, 0.3) is 121 Å². The minimum absolute atomic E-state index is 0.00924. The minimum atomic E-state index is -0.242. The fraction of sp³-hybridized carbons (Fsp3) is 0.145. The summed E-state index contributed by atoms with van der Waals surface area (Å²) < 4.78 is 5.13. The molecule has 0 spiro atoms. The molecule has 0 saturated heterocycles. The fourth-order valence-electron chi connectivity index (χ4n) is 19.5. The highest BCUT2D eigenvalue weighted by Gasteiger charge is 2.45. The second-order valence-corrected chi connectivity index (χ2v) is 34.6. The second-order valence-electron chi connectivity index (χ2n) is 34.6. The molecular formula is C110H92N4. The van der Waals surface area contributed by atoms with Crippen molar-refractivity contribution in [2.45, 2.75) is 102 Å². The Kier molecular flexibility index (Phi) is 16.9. The van der Waals surface area contributed by atoms with Gasteiger partial charge in [-0.2, -0.15) is 0 Å². The van der Waals surface area contributed by atoms with E-state index >= 15 is 0 Å². The molecule has 2 aromatic heterocycles. The van der Waals surface area contributed by atoms with E-state index in [9.17, 15) is 0 Å². The molecule has 0 bridgehead atoms. The molecule has 552 valence electrons. The Morgan fingerprint density at radius 3 is 1.23 bits per heavy atom. The van der Waals surface area contributed by atoms with Gasteiger partial charge in [-0.25, -0.2) is 0 Å². The van der Waals surface area contributed by atoms with Crippen LogP contribution in [0.4, 0.5) is 34.1 Å². The number of nitrogens with zero attached hydrogens (tertiary/aromatic N) is 4. The molecule has 2 heterocycles. The Labute approximate surface area is 670 Å². The quantitative estimate of drug-likeness (QED) is 0.108. The van der Waals surface area contributed by atoms with E-state index in [-0.39, 0.29) is 27.6 Å². The Hall–Kier alpha value is -13.0. The lowest BCUT2D eigenvalue weighted by Gasteiger charge is -2.48. The Bertz CT molecular complexity index is 6700. The van der Waals surface area contributed by atoms with E-state index in [1.54, 1.807) is 0 Å². The standard InChI is InChI=1S/C110H92N4/c1-107(2)59-60-108(3,4)100-68-89(52-56-98(100)107)114-104-58-47-83(67-97(104)96-55-51-92(71-106(96)114)112(88-40-26-38-81(64-88)74-29-15-10-16-30-74)93-65-84(75-31-17-11-18-32-75)62-85(66-93)76-33-19-12-20-34-76)102-72-109(5,6)101-69-90(53-57-99(101)110(102,7)8)113-103-42-24-23-41-94(103)95-54-50-91(70-105(95)113)111(87-39-25-37-80(63-87)73-27-13-9-14-28-73)86-48-45-78(46-49-86)82-44-43-77-35-21-22-36-79(77)61-82/h9-58,61-71,102H,59-60,72H2,1-8H3. The van der Waals surface area contributed by atoms with E-state index in [1.165, 1.54) is 133 Å². The van der Waals surface area contributed by atoms with Crippen LogP contribution >= 0.6 is 0 Å². The molecule has 0 saturated carbocycles. The fourth-order valence-corrected chi connectivity index (χ4v) is 19.5. The van der Waals surface area contributed by atoms with E-state index in [1.807, 2.05) is 0 Å². The van der Waals surface area contributed by atoms with Crippen molar-refractivity contribution in [1.29, 1.82) is 0 Å². The molecule has 0 fully saturated rings. The molecule has 0 N–H and O–H groups in total. The SMILES string of the molecule is CC1(C)CCC(C)(C)c2cc(-n3c4ccc(C5CC(C)(C)c6cc(-n7c8ccccc8c8ccc(N(c9ccc(-c%10ccc%11ccccc%11c%10)cc9)c9cccc(-c%10ccccc%10)c9)cc87)ccc6C5(C)C)cc4c4ccc(N(c5cccc(-c6ccccc6)c5)c5cc(-c6ccccc6)cc(-c6ccccc6)c5)cc43)ccc21. The molecule has 0 radical (unpaired) electrons. The van der Waals surface area contributed by atoms with Gasteiger partial charge in [0, 0.05) is 67.0 Å². The molecule has 2 aliphatic carbocycles. The number of fused-ring (bicyclic) bond motifs is 9. The minimum Gasteiger partial charge on any atom is -0.310 e. The van der Waals surface area contributed by atoms with E-state index in [0.29, 0.717) is 0 Å². The molecule has 1 atom stereocenters. The van der Waals surface area contributed by atoms with Crippen LogP contribution in [0.5, 0.6) is 0 Å². The van der Waals surface area contributed by atoms with E-state index in [2.05, 4.69) is 444 Å². The number of aromatic nitrogens is 2. The van der Waals surface area contributed by atoms with Crippen molar-refractivity contribution in [3.05, 3.63) is 398 Å². The number of benzene rings is 16. The largest absolute Gasteiger partial charge is 0.310 e. The highest BCUT2D eigenvalue weighted by Crippen LogP contribution is 2.56. The summed E-state index contributed by atoms with van der Waals surface area (Å²) in [6, 6.07) is 139. The van der Waals surface area contributed by atoms with Crippen LogP contribution < -0.4 is 9.80 Å². The van der Waals surface area contributed by atoms with Gasteiger partial charge in [0.25, 0.3) is 0 Å². The lowest BCUT2D eigenvalue weighted by Crippen LogP contribution is -2.40.